The van der Waals surface area contributed by atoms with Crippen molar-refractivity contribution in [2.24, 2.45) is 0 Å². The van der Waals surface area contributed by atoms with E-state index < -0.39 is 0 Å². The molecule has 3 heterocycles. The number of aryl methyl sites for hydroxylation is 3. The van der Waals surface area contributed by atoms with Crippen molar-refractivity contribution in [2.75, 3.05) is 0 Å². The number of carbonyl (C=O) groups excluding carboxylic acids is 2. The second-order valence-electron chi connectivity index (χ2n) is 9.05. The van der Waals surface area contributed by atoms with Gasteiger partial charge in [0, 0.05) is 34.4 Å². The quantitative estimate of drug-likeness (QED) is 0.284. The Morgan fingerprint density at radius 3 is 2.26 bits per heavy atom. The first-order valence-corrected chi connectivity index (χ1v) is 11.7. The van der Waals surface area contributed by atoms with Crippen LogP contribution in [-0.2, 0) is 11.3 Å². The van der Waals surface area contributed by atoms with E-state index in [2.05, 4.69) is 61.5 Å². The molecule has 35 heavy (non-hydrogen) atoms. The summed E-state index contributed by atoms with van der Waals surface area (Å²) in [6, 6.07) is 21.3. The molecule has 0 saturated carbocycles. The first kappa shape index (κ1) is 22.5. The highest BCUT2D eigenvalue weighted by molar-refractivity contribution is 6.33. The van der Waals surface area contributed by atoms with Gasteiger partial charge in [-0.3, -0.25) is 19.5 Å². The highest BCUT2D eigenvalue weighted by atomic mass is 16.2. The van der Waals surface area contributed by atoms with Gasteiger partial charge in [-0.25, -0.2) is 0 Å². The summed E-state index contributed by atoms with van der Waals surface area (Å²) in [6.45, 7) is 8.48. The molecule has 0 spiro atoms. The van der Waals surface area contributed by atoms with E-state index in [-0.39, 0.29) is 18.4 Å². The standard InChI is InChI=1S/C30H27N3O2/c1-19-12-13-25(15-20(19)2)33-21(3)16-23(22(33)4)17-28-26-10-5-6-11-27(26)29(34)32(30(28)35)18-24-9-7-8-14-31-24/h5-17H,18H2,1-4H3. The van der Waals surface area contributed by atoms with Crippen molar-refractivity contribution >= 4 is 23.5 Å². The van der Waals surface area contributed by atoms with Gasteiger partial charge >= 0.3 is 0 Å². The van der Waals surface area contributed by atoms with Gasteiger partial charge < -0.3 is 4.57 Å². The Hall–Kier alpha value is -4.25. The van der Waals surface area contributed by atoms with Gasteiger partial charge in [0.15, 0.2) is 0 Å². The average Bonchev–Trinajstić information content (AvgIpc) is 3.14. The molecule has 0 bridgehead atoms. The third-order valence-corrected chi connectivity index (χ3v) is 6.73. The van der Waals surface area contributed by atoms with Gasteiger partial charge in [0.05, 0.1) is 12.2 Å². The largest absolute Gasteiger partial charge is 0.318 e. The maximum absolute atomic E-state index is 13.7. The molecular weight excluding hydrogens is 434 g/mol. The number of carbonyl (C=O) groups is 2. The molecule has 174 valence electrons. The van der Waals surface area contributed by atoms with Crippen LogP contribution in [0.3, 0.4) is 0 Å². The zero-order chi connectivity index (χ0) is 24.7. The predicted molar refractivity (Wildman–Crippen MR) is 138 cm³/mol. The van der Waals surface area contributed by atoms with Gasteiger partial charge in [-0.2, -0.15) is 0 Å². The lowest BCUT2D eigenvalue weighted by atomic mass is 9.92. The van der Waals surface area contributed by atoms with Gasteiger partial charge in [-0.1, -0.05) is 30.3 Å². The summed E-state index contributed by atoms with van der Waals surface area (Å²) in [5.41, 5.74) is 9.01. The number of fused-ring (bicyclic) bond motifs is 1. The van der Waals surface area contributed by atoms with Crippen LogP contribution in [-0.4, -0.2) is 26.3 Å². The molecule has 5 heteroatoms. The number of pyridine rings is 1. The molecule has 5 rings (SSSR count). The molecule has 0 fully saturated rings. The number of hydrogen-bond donors (Lipinski definition) is 0. The van der Waals surface area contributed by atoms with Crippen LogP contribution < -0.4 is 0 Å². The number of rotatable bonds is 4. The Kier molecular flexibility index (Phi) is 5.69. The number of imide groups is 1. The van der Waals surface area contributed by atoms with Gasteiger partial charge in [0.25, 0.3) is 11.8 Å². The van der Waals surface area contributed by atoms with Crippen LogP contribution in [0.4, 0.5) is 0 Å². The summed E-state index contributed by atoms with van der Waals surface area (Å²) in [4.78, 5) is 32.5. The monoisotopic (exact) mass is 461 g/mol. The molecular formula is C30H27N3O2. The maximum atomic E-state index is 13.7. The van der Waals surface area contributed by atoms with Gasteiger partial charge in [-0.05, 0) is 92.4 Å². The number of hydrogen-bond acceptors (Lipinski definition) is 3. The zero-order valence-electron chi connectivity index (χ0n) is 20.4. The summed E-state index contributed by atoms with van der Waals surface area (Å²) in [7, 11) is 0. The topological polar surface area (TPSA) is 55.2 Å². The van der Waals surface area contributed by atoms with Crippen LogP contribution >= 0.6 is 0 Å². The minimum atomic E-state index is -0.310. The molecule has 1 aliphatic rings. The number of aromatic nitrogens is 2. The van der Waals surface area contributed by atoms with Crippen LogP contribution in [0.25, 0.3) is 17.3 Å². The van der Waals surface area contributed by atoms with Crippen molar-refractivity contribution in [2.45, 2.75) is 34.2 Å². The number of nitrogens with zero attached hydrogens (tertiary/aromatic N) is 3. The van der Waals surface area contributed by atoms with Crippen molar-refractivity contribution in [3.8, 4) is 5.69 Å². The smallest absolute Gasteiger partial charge is 0.261 e. The first-order chi connectivity index (χ1) is 16.8. The summed E-state index contributed by atoms with van der Waals surface area (Å²) < 4.78 is 2.20. The van der Waals surface area contributed by atoms with Crippen molar-refractivity contribution in [1.29, 1.82) is 0 Å². The Morgan fingerprint density at radius 1 is 0.800 bits per heavy atom. The summed E-state index contributed by atoms with van der Waals surface area (Å²) in [6.07, 6.45) is 3.58. The number of benzene rings is 2. The third-order valence-electron chi connectivity index (χ3n) is 6.73. The summed E-state index contributed by atoms with van der Waals surface area (Å²) in [5, 5.41) is 0. The highest BCUT2D eigenvalue weighted by Crippen LogP contribution is 2.33. The third kappa shape index (κ3) is 3.99. The Balaban J connectivity index is 1.61. The van der Waals surface area contributed by atoms with Crippen LogP contribution in [0.1, 0.15) is 49.7 Å². The average molecular weight is 462 g/mol. The molecule has 5 nitrogen and oxygen atoms in total. The fourth-order valence-corrected chi connectivity index (χ4v) is 4.69. The fraction of sp³-hybridized carbons (Fsp3) is 0.167. The van der Waals surface area contributed by atoms with E-state index in [1.54, 1.807) is 12.3 Å². The minimum Gasteiger partial charge on any atom is -0.318 e. The lowest BCUT2D eigenvalue weighted by Gasteiger charge is -2.28. The minimum absolute atomic E-state index is 0.131. The van der Waals surface area contributed by atoms with E-state index in [1.165, 1.54) is 16.0 Å². The normalized spacial score (nSPS) is 14.5. The van der Waals surface area contributed by atoms with Crippen molar-refractivity contribution in [3.05, 3.63) is 118 Å². The predicted octanol–water partition coefficient (Wildman–Crippen LogP) is 5.83. The lowest BCUT2D eigenvalue weighted by molar-refractivity contribution is -0.123. The molecule has 1 aliphatic heterocycles. The summed E-state index contributed by atoms with van der Waals surface area (Å²) in [5.74, 6) is -0.607. The Morgan fingerprint density at radius 2 is 1.54 bits per heavy atom. The molecule has 0 atom stereocenters. The van der Waals surface area contributed by atoms with Crippen molar-refractivity contribution in [1.82, 2.24) is 14.5 Å². The molecule has 2 amide bonds. The van der Waals surface area contributed by atoms with E-state index in [4.69, 9.17) is 0 Å². The van der Waals surface area contributed by atoms with Crippen LogP contribution in [0, 0.1) is 27.7 Å². The molecule has 2 aromatic carbocycles. The van der Waals surface area contributed by atoms with E-state index in [0.717, 1.165) is 22.6 Å². The molecule has 0 aliphatic carbocycles. The SMILES string of the molecule is Cc1ccc(-n2c(C)cc(C=C3C(=O)N(Cc4ccccn4)C(=O)c4ccccc43)c2C)cc1C. The second kappa shape index (κ2) is 8.84. The maximum Gasteiger partial charge on any atom is 0.261 e. The molecule has 0 radical (unpaired) electrons. The van der Waals surface area contributed by atoms with Gasteiger partial charge in [0.1, 0.15) is 0 Å². The van der Waals surface area contributed by atoms with Crippen LogP contribution in [0.5, 0.6) is 0 Å². The highest BCUT2D eigenvalue weighted by Gasteiger charge is 2.35. The van der Waals surface area contributed by atoms with Gasteiger partial charge in [0.2, 0.25) is 0 Å². The van der Waals surface area contributed by atoms with Crippen LogP contribution in [0.2, 0.25) is 0 Å². The molecule has 2 aromatic heterocycles. The van der Waals surface area contributed by atoms with E-state index in [1.807, 2.05) is 42.5 Å². The summed E-state index contributed by atoms with van der Waals surface area (Å²) >= 11 is 0. The molecule has 0 unspecified atom stereocenters. The zero-order valence-corrected chi connectivity index (χ0v) is 20.4. The molecule has 0 saturated heterocycles. The van der Waals surface area contributed by atoms with Crippen molar-refractivity contribution in [3.63, 3.8) is 0 Å². The fourth-order valence-electron chi connectivity index (χ4n) is 4.69. The Bertz CT molecular complexity index is 1500. The molecule has 4 aromatic rings. The Labute approximate surface area is 205 Å². The van der Waals surface area contributed by atoms with E-state index >= 15 is 0 Å². The van der Waals surface area contributed by atoms with Gasteiger partial charge in [-0.15, -0.1) is 0 Å². The second-order valence-corrected chi connectivity index (χ2v) is 9.05. The van der Waals surface area contributed by atoms with Crippen LogP contribution in [0.15, 0.2) is 72.9 Å². The molecule has 0 N–H and O–H groups in total. The number of amides is 2. The lowest BCUT2D eigenvalue weighted by Crippen LogP contribution is -2.41. The van der Waals surface area contributed by atoms with E-state index in [0.29, 0.717) is 22.4 Å². The van der Waals surface area contributed by atoms with E-state index in [9.17, 15) is 9.59 Å². The van der Waals surface area contributed by atoms with Crippen molar-refractivity contribution < 1.29 is 9.59 Å². The first-order valence-electron chi connectivity index (χ1n) is 11.7.